The van der Waals surface area contributed by atoms with Gasteiger partial charge in [0.1, 0.15) is 11.8 Å². The molecule has 0 aliphatic carbocycles. The van der Waals surface area contributed by atoms with Gasteiger partial charge >= 0.3 is 0 Å². The molecule has 6 nitrogen and oxygen atoms in total. The van der Waals surface area contributed by atoms with E-state index in [0.29, 0.717) is 25.9 Å². The summed E-state index contributed by atoms with van der Waals surface area (Å²) >= 11 is 0. The SMILES string of the molecule is COc1ccccc1CN1C(=O)CCC1C(=O)NCCCn1ccc2ccccc21. The lowest BCUT2D eigenvalue weighted by molar-refractivity contribution is -0.135. The Hall–Kier alpha value is -3.28. The predicted molar refractivity (Wildman–Crippen MR) is 116 cm³/mol. The molecule has 30 heavy (non-hydrogen) atoms. The number of ether oxygens (including phenoxy) is 1. The van der Waals surface area contributed by atoms with E-state index in [9.17, 15) is 9.59 Å². The number of rotatable bonds is 8. The molecule has 2 aromatic carbocycles. The fourth-order valence-electron chi connectivity index (χ4n) is 4.14. The molecule has 1 N–H and O–H groups in total. The first-order valence-electron chi connectivity index (χ1n) is 10.4. The first kappa shape index (κ1) is 20.0. The molecule has 0 saturated carbocycles. The van der Waals surface area contributed by atoms with E-state index >= 15 is 0 Å². The minimum absolute atomic E-state index is 0.0138. The first-order valence-corrected chi connectivity index (χ1v) is 10.4. The van der Waals surface area contributed by atoms with Gasteiger partial charge in [0.2, 0.25) is 11.8 Å². The van der Waals surface area contributed by atoms with Crippen molar-refractivity contribution in [3.05, 3.63) is 66.4 Å². The Labute approximate surface area is 176 Å². The van der Waals surface area contributed by atoms with Crippen molar-refractivity contribution in [1.82, 2.24) is 14.8 Å². The van der Waals surface area contributed by atoms with Crippen LogP contribution in [0.15, 0.2) is 60.8 Å². The highest BCUT2D eigenvalue weighted by Crippen LogP contribution is 2.26. The first-order chi connectivity index (χ1) is 14.7. The number of fused-ring (bicyclic) bond motifs is 1. The molecule has 4 rings (SSSR count). The monoisotopic (exact) mass is 405 g/mol. The summed E-state index contributed by atoms with van der Waals surface area (Å²) in [5.74, 6) is 0.670. The Kier molecular flexibility index (Phi) is 6.02. The van der Waals surface area contributed by atoms with Gasteiger partial charge in [-0.15, -0.1) is 0 Å². The van der Waals surface area contributed by atoms with Crippen LogP contribution in [0.1, 0.15) is 24.8 Å². The third kappa shape index (κ3) is 4.17. The molecule has 1 atom stereocenters. The zero-order valence-electron chi connectivity index (χ0n) is 17.2. The second-order valence-corrected chi connectivity index (χ2v) is 7.60. The van der Waals surface area contributed by atoms with Crippen LogP contribution in [0.2, 0.25) is 0 Å². The molecule has 1 aliphatic heterocycles. The fraction of sp³-hybridized carbons (Fsp3) is 0.333. The zero-order chi connectivity index (χ0) is 20.9. The van der Waals surface area contributed by atoms with Crippen LogP contribution in [0.25, 0.3) is 10.9 Å². The molecular weight excluding hydrogens is 378 g/mol. The number of aryl methyl sites for hydroxylation is 1. The highest BCUT2D eigenvalue weighted by Gasteiger charge is 2.36. The summed E-state index contributed by atoms with van der Waals surface area (Å²) in [7, 11) is 1.61. The zero-order valence-corrected chi connectivity index (χ0v) is 17.2. The highest BCUT2D eigenvalue weighted by atomic mass is 16.5. The van der Waals surface area contributed by atoms with E-state index < -0.39 is 6.04 Å². The van der Waals surface area contributed by atoms with Gasteiger partial charge in [0.25, 0.3) is 0 Å². The lowest BCUT2D eigenvalue weighted by Gasteiger charge is -2.25. The van der Waals surface area contributed by atoms with Crippen LogP contribution in [0.5, 0.6) is 5.75 Å². The molecule has 0 radical (unpaired) electrons. The molecule has 1 aliphatic rings. The van der Waals surface area contributed by atoms with Crippen LogP contribution in [0.4, 0.5) is 0 Å². The number of aromatic nitrogens is 1. The lowest BCUT2D eigenvalue weighted by Crippen LogP contribution is -2.44. The van der Waals surface area contributed by atoms with Crippen LogP contribution >= 0.6 is 0 Å². The Morgan fingerprint density at radius 2 is 1.93 bits per heavy atom. The van der Waals surface area contributed by atoms with Crippen LogP contribution in [0.3, 0.4) is 0 Å². The number of hydrogen-bond acceptors (Lipinski definition) is 3. The normalized spacial score (nSPS) is 16.2. The van der Waals surface area contributed by atoms with Crippen molar-refractivity contribution in [2.75, 3.05) is 13.7 Å². The summed E-state index contributed by atoms with van der Waals surface area (Å²) in [5.41, 5.74) is 2.11. The molecule has 156 valence electrons. The molecule has 6 heteroatoms. The van der Waals surface area contributed by atoms with Crippen LogP contribution in [-0.2, 0) is 22.7 Å². The molecular formula is C24H27N3O3. The number of nitrogens with one attached hydrogen (secondary N) is 1. The van der Waals surface area contributed by atoms with Crippen molar-refractivity contribution in [3.63, 3.8) is 0 Å². The second kappa shape index (κ2) is 9.03. The number of hydrogen-bond donors (Lipinski definition) is 1. The molecule has 1 saturated heterocycles. The van der Waals surface area contributed by atoms with Crippen molar-refractivity contribution < 1.29 is 14.3 Å². The van der Waals surface area contributed by atoms with Crippen molar-refractivity contribution in [2.24, 2.45) is 0 Å². The van der Waals surface area contributed by atoms with Gasteiger partial charge in [-0.1, -0.05) is 36.4 Å². The van der Waals surface area contributed by atoms with Gasteiger partial charge in [-0.2, -0.15) is 0 Å². The van der Waals surface area contributed by atoms with E-state index in [-0.39, 0.29) is 11.8 Å². The van der Waals surface area contributed by atoms with Gasteiger partial charge in [-0.05, 0) is 36.4 Å². The minimum Gasteiger partial charge on any atom is -0.496 e. The van der Waals surface area contributed by atoms with Crippen molar-refractivity contribution in [1.29, 1.82) is 0 Å². The molecule has 0 bridgehead atoms. The van der Waals surface area contributed by atoms with Gasteiger partial charge in [-0.25, -0.2) is 0 Å². The lowest BCUT2D eigenvalue weighted by atomic mass is 10.1. The van der Waals surface area contributed by atoms with Gasteiger partial charge in [-0.3, -0.25) is 9.59 Å². The summed E-state index contributed by atoms with van der Waals surface area (Å²) < 4.78 is 7.59. The summed E-state index contributed by atoms with van der Waals surface area (Å²) in [5, 5.41) is 4.24. The highest BCUT2D eigenvalue weighted by molar-refractivity contribution is 5.90. The van der Waals surface area contributed by atoms with Crippen molar-refractivity contribution in [3.8, 4) is 5.75 Å². The maximum absolute atomic E-state index is 12.8. The average molecular weight is 405 g/mol. The fourth-order valence-corrected chi connectivity index (χ4v) is 4.14. The van der Waals surface area contributed by atoms with E-state index in [4.69, 9.17) is 4.74 Å². The van der Waals surface area contributed by atoms with E-state index in [2.05, 4.69) is 34.3 Å². The van der Waals surface area contributed by atoms with Gasteiger partial charge in [0.15, 0.2) is 0 Å². The standard InChI is InChI=1S/C24H27N3O3/c1-30-22-10-5-3-8-19(22)17-27-21(11-12-23(27)28)24(29)25-14-6-15-26-16-13-18-7-2-4-9-20(18)26/h2-5,7-10,13,16,21H,6,11-12,14-15,17H2,1H3,(H,25,29). The quantitative estimate of drug-likeness (QED) is 0.585. The summed E-state index contributed by atoms with van der Waals surface area (Å²) in [4.78, 5) is 26.9. The van der Waals surface area contributed by atoms with E-state index in [1.807, 2.05) is 36.4 Å². The van der Waals surface area contributed by atoms with E-state index in [1.54, 1.807) is 12.0 Å². The number of para-hydroxylation sites is 2. The van der Waals surface area contributed by atoms with Gasteiger partial charge in [0, 0.05) is 36.8 Å². The largest absolute Gasteiger partial charge is 0.496 e. The molecule has 2 amide bonds. The van der Waals surface area contributed by atoms with Crippen molar-refractivity contribution in [2.45, 2.75) is 38.4 Å². The number of likely N-dealkylation sites (tertiary alicyclic amines) is 1. The number of nitrogens with zero attached hydrogens (tertiary/aromatic N) is 2. The van der Waals surface area contributed by atoms with Crippen LogP contribution < -0.4 is 10.1 Å². The van der Waals surface area contributed by atoms with Crippen LogP contribution in [0, 0.1) is 0 Å². The number of carbonyl (C=O) groups excluding carboxylic acids is 2. The van der Waals surface area contributed by atoms with Gasteiger partial charge < -0.3 is 19.5 Å². The molecule has 1 aromatic heterocycles. The van der Waals surface area contributed by atoms with Crippen molar-refractivity contribution >= 4 is 22.7 Å². The third-order valence-corrected chi connectivity index (χ3v) is 5.72. The predicted octanol–water partition coefficient (Wildman–Crippen LogP) is 3.35. The number of benzene rings is 2. The number of amides is 2. The molecule has 0 spiro atoms. The molecule has 2 heterocycles. The number of methoxy groups -OCH3 is 1. The second-order valence-electron chi connectivity index (χ2n) is 7.60. The van der Waals surface area contributed by atoms with Gasteiger partial charge in [0.05, 0.1) is 13.7 Å². The number of carbonyl (C=O) groups is 2. The smallest absolute Gasteiger partial charge is 0.242 e. The Balaban J connectivity index is 1.32. The topological polar surface area (TPSA) is 63.6 Å². The Bertz CT molecular complexity index is 1040. The average Bonchev–Trinajstić information content (AvgIpc) is 3.35. The molecule has 3 aromatic rings. The maximum Gasteiger partial charge on any atom is 0.242 e. The maximum atomic E-state index is 12.8. The Morgan fingerprint density at radius 3 is 2.80 bits per heavy atom. The Morgan fingerprint density at radius 1 is 1.13 bits per heavy atom. The van der Waals surface area contributed by atoms with E-state index in [1.165, 1.54) is 10.9 Å². The molecule has 1 unspecified atom stereocenters. The van der Waals surface area contributed by atoms with E-state index in [0.717, 1.165) is 24.3 Å². The summed E-state index contributed by atoms with van der Waals surface area (Å²) in [6, 6.07) is 17.6. The summed E-state index contributed by atoms with van der Waals surface area (Å²) in [6.07, 6.45) is 3.87. The molecule has 1 fully saturated rings. The minimum atomic E-state index is -0.421. The summed E-state index contributed by atoms with van der Waals surface area (Å²) in [6.45, 7) is 1.80. The third-order valence-electron chi connectivity index (χ3n) is 5.72. The van der Waals surface area contributed by atoms with Crippen LogP contribution in [-0.4, -0.2) is 41.0 Å².